The lowest BCUT2D eigenvalue weighted by molar-refractivity contribution is 0.317. The van der Waals surface area contributed by atoms with E-state index < -0.39 is 0 Å². The zero-order valence-electron chi connectivity index (χ0n) is 16.6. The maximum Gasteiger partial charge on any atom is 0.233 e. The highest BCUT2D eigenvalue weighted by Gasteiger charge is 2.27. The summed E-state index contributed by atoms with van der Waals surface area (Å²) in [5.74, 6) is 2.93. The molecule has 2 aromatic rings. The molecule has 2 aliphatic heterocycles. The van der Waals surface area contributed by atoms with E-state index in [1.165, 1.54) is 12.8 Å². The Labute approximate surface area is 165 Å². The molecule has 0 bridgehead atoms. The molecule has 0 saturated carbocycles. The topological polar surface area (TPSA) is 83.1 Å². The molecule has 4 rings (SSSR count). The van der Waals surface area contributed by atoms with Crippen molar-refractivity contribution in [1.29, 1.82) is 5.26 Å². The third kappa shape index (κ3) is 3.54. The predicted octanol–water partition coefficient (Wildman–Crippen LogP) is 2.07. The number of likely N-dealkylation sites (tertiary alicyclic amines) is 1. The normalized spacial score (nSPS) is 18.4. The van der Waals surface area contributed by atoms with Crippen LogP contribution in [0.1, 0.15) is 48.8 Å². The summed E-state index contributed by atoms with van der Waals surface area (Å²) in [6.07, 6.45) is 6.26. The largest absolute Gasteiger partial charge is 0.480 e. The van der Waals surface area contributed by atoms with E-state index >= 15 is 0 Å². The first-order chi connectivity index (χ1) is 13.7. The van der Waals surface area contributed by atoms with Crippen LogP contribution in [0.25, 0.3) is 0 Å². The first-order valence-corrected chi connectivity index (χ1v) is 9.99. The van der Waals surface area contributed by atoms with Crippen molar-refractivity contribution in [3.8, 4) is 11.9 Å². The van der Waals surface area contributed by atoms with E-state index in [1.54, 1.807) is 13.3 Å². The van der Waals surface area contributed by atoms with Gasteiger partial charge >= 0.3 is 0 Å². The van der Waals surface area contributed by atoms with E-state index in [2.05, 4.69) is 42.7 Å². The van der Waals surface area contributed by atoms with Gasteiger partial charge in [0.2, 0.25) is 5.88 Å². The van der Waals surface area contributed by atoms with Crippen LogP contribution >= 0.6 is 0 Å². The van der Waals surface area contributed by atoms with Gasteiger partial charge in [-0.05, 0) is 44.8 Å². The van der Waals surface area contributed by atoms with Crippen LogP contribution < -0.4 is 9.64 Å². The average molecular weight is 381 g/mol. The number of pyridine rings is 1. The van der Waals surface area contributed by atoms with Crippen LogP contribution in [0.2, 0.25) is 0 Å². The Morgan fingerprint density at radius 2 is 1.93 bits per heavy atom. The molecule has 2 saturated heterocycles. The lowest BCUT2D eigenvalue weighted by atomic mass is 9.95. The SMILES string of the molecule is COc1nccc(N2CCC(c3nnc(CN4CCCC4)n3C)CC2)c1C#N. The fourth-order valence-corrected chi connectivity index (χ4v) is 4.34. The van der Waals surface area contributed by atoms with Crippen molar-refractivity contribution >= 4 is 5.69 Å². The highest BCUT2D eigenvalue weighted by atomic mass is 16.5. The molecule has 0 N–H and O–H groups in total. The van der Waals surface area contributed by atoms with Crippen LogP contribution in [0.5, 0.6) is 5.88 Å². The van der Waals surface area contributed by atoms with E-state index in [0.29, 0.717) is 17.4 Å². The summed E-state index contributed by atoms with van der Waals surface area (Å²) in [5.41, 5.74) is 1.41. The highest BCUT2D eigenvalue weighted by Crippen LogP contribution is 2.33. The van der Waals surface area contributed by atoms with Gasteiger partial charge in [0.15, 0.2) is 0 Å². The zero-order valence-corrected chi connectivity index (χ0v) is 16.6. The Hall–Kier alpha value is -2.66. The molecule has 0 aliphatic carbocycles. The van der Waals surface area contributed by atoms with Gasteiger partial charge in [0.05, 0.1) is 19.3 Å². The van der Waals surface area contributed by atoms with Crippen molar-refractivity contribution in [1.82, 2.24) is 24.6 Å². The van der Waals surface area contributed by atoms with Crippen molar-refractivity contribution < 1.29 is 4.74 Å². The number of nitrogens with zero attached hydrogens (tertiary/aromatic N) is 7. The summed E-state index contributed by atoms with van der Waals surface area (Å²) >= 11 is 0. The van der Waals surface area contributed by atoms with Crippen LogP contribution in [-0.2, 0) is 13.6 Å². The first kappa shape index (κ1) is 18.7. The van der Waals surface area contributed by atoms with Gasteiger partial charge in [0.25, 0.3) is 0 Å². The number of hydrogen-bond donors (Lipinski definition) is 0. The van der Waals surface area contributed by atoms with Gasteiger partial charge in [0, 0.05) is 32.3 Å². The Morgan fingerprint density at radius 3 is 2.61 bits per heavy atom. The molecule has 0 unspecified atom stereocenters. The van der Waals surface area contributed by atoms with Crippen LogP contribution in [0.4, 0.5) is 5.69 Å². The molecule has 148 valence electrons. The number of methoxy groups -OCH3 is 1. The van der Waals surface area contributed by atoms with Gasteiger partial charge < -0.3 is 14.2 Å². The fourth-order valence-electron chi connectivity index (χ4n) is 4.34. The number of aromatic nitrogens is 4. The van der Waals surface area contributed by atoms with Gasteiger partial charge in [-0.2, -0.15) is 5.26 Å². The zero-order chi connectivity index (χ0) is 19.5. The lowest BCUT2D eigenvalue weighted by Gasteiger charge is -2.33. The van der Waals surface area contributed by atoms with Crippen LogP contribution in [0, 0.1) is 11.3 Å². The summed E-state index contributed by atoms with van der Waals surface area (Å²) in [7, 11) is 3.64. The molecule has 4 heterocycles. The maximum atomic E-state index is 9.52. The molecule has 0 radical (unpaired) electrons. The van der Waals surface area contributed by atoms with Gasteiger partial charge in [-0.3, -0.25) is 4.90 Å². The maximum absolute atomic E-state index is 9.52. The minimum Gasteiger partial charge on any atom is -0.480 e. The van der Waals surface area contributed by atoms with Crippen molar-refractivity contribution in [3.63, 3.8) is 0 Å². The minimum atomic E-state index is 0.391. The molecular formula is C20H27N7O. The quantitative estimate of drug-likeness (QED) is 0.784. The lowest BCUT2D eigenvalue weighted by Crippen LogP contribution is -2.34. The molecule has 28 heavy (non-hydrogen) atoms. The second-order valence-electron chi connectivity index (χ2n) is 7.60. The van der Waals surface area contributed by atoms with Gasteiger partial charge in [-0.25, -0.2) is 4.98 Å². The molecule has 2 aliphatic rings. The predicted molar refractivity (Wildman–Crippen MR) is 105 cm³/mol. The third-order valence-electron chi connectivity index (χ3n) is 5.96. The molecule has 0 spiro atoms. The summed E-state index contributed by atoms with van der Waals surface area (Å²) in [5, 5.41) is 18.5. The molecule has 8 nitrogen and oxygen atoms in total. The molecule has 2 fully saturated rings. The summed E-state index contributed by atoms with van der Waals surface area (Å²) in [6.45, 7) is 4.97. The van der Waals surface area contributed by atoms with Gasteiger partial charge in [0.1, 0.15) is 23.3 Å². The van der Waals surface area contributed by atoms with Crippen LogP contribution in [0.3, 0.4) is 0 Å². The van der Waals surface area contributed by atoms with Crippen molar-refractivity contribution in [3.05, 3.63) is 29.5 Å². The number of nitriles is 1. The first-order valence-electron chi connectivity index (χ1n) is 9.99. The molecule has 0 atom stereocenters. The van der Waals surface area contributed by atoms with Crippen LogP contribution in [0.15, 0.2) is 12.3 Å². The van der Waals surface area contributed by atoms with E-state index in [1.807, 2.05) is 6.07 Å². The summed E-state index contributed by atoms with van der Waals surface area (Å²) in [4.78, 5) is 8.85. The monoisotopic (exact) mass is 381 g/mol. The Kier molecular flexibility index (Phi) is 5.44. The standard InChI is InChI=1S/C20H27N7O/c1-25-18(14-26-9-3-4-10-26)23-24-19(25)15-6-11-27(12-7-15)17-5-8-22-20(28-2)16(17)13-21/h5,8,15H,3-4,6-7,9-12,14H2,1-2H3. The second kappa shape index (κ2) is 8.15. The summed E-state index contributed by atoms with van der Waals surface area (Å²) in [6, 6.07) is 4.14. The Morgan fingerprint density at radius 1 is 1.18 bits per heavy atom. The number of rotatable bonds is 5. The smallest absolute Gasteiger partial charge is 0.233 e. The van der Waals surface area contributed by atoms with Crippen molar-refractivity contribution in [2.75, 3.05) is 38.2 Å². The van der Waals surface area contributed by atoms with E-state index in [9.17, 15) is 5.26 Å². The number of anilines is 1. The average Bonchev–Trinajstić information content (AvgIpc) is 3.38. The Balaban J connectivity index is 1.44. The number of piperidine rings is 1. The molecular weight excluding hydrogens is 354 g/mol. The fraction of sp³-hybridized carbons (Fsp3) is 0.600. The molecule has 0 amide bonds. The van der Waals surface area contributed by atoms with E-state index in [0.717, 1.165) is 62.9 Å². The molecule has 2 aromatic heterocycles. The van der Waals surface area contributed by atoms with Gasteiger partial charge in [-0.1, -0.05) is 0 Å². The second-order valence-corrected chi connectivity index (χ2v) is 7.60. The third-order valence-corrected chi connectivity index (χ3v) is 5.96. The van der Waals surface area contributed by atoms with Crippen LogP contribution in [-0.4, -0.2) is 57.9 Å². The highest BCUT2D eigenvalue weighted by molar-refractivity contribution is 5.63. The summed E-state index contributed by atoms with van der Waals surface area (Å²) < 4.78 is 7.43. The number of hydrogen-bond acceptors (Lipinski definition) is 7. The van der Waals surface area contributed by atoms with Crippen molar-refractivity contribution in [2.45, 2.75) is 38.1 Å². The van der Waals surface area contributed by atoms with E-state index in [4.69, 9.17) is 4.74 Å². The van der Waals surface area contributed by atoms with E-state index in [-0.39, 0.29) is 0 Å². The minimum absolute atomic E-state index is 0.391. The Bertz CT molecular complexity index is 858. The van der Waals surface area contributed by atoms with Crippen molar-refractivity contribution in [2.24, 2.45) is 7.05 Å². The molecule has 8 heteroatoms. The van der Waals surface area contributed by atoms with Gasteiger partial charge in [-0.15, -0.1) is 10.2 Å². The number of ether oxygens (including phenoxy) is 1. The molecule has 0 aromatic carbocycles.